The van der Waals surface area contributed by atoms with Gasteiger partial charge in [-0.3, -0.25) is 0 Å². The highest BCUT2D eigenvalue weighted by molar-refractivity contribution is 5.20. The van der Waals surface area contributed by atoms with E-state index in [9.17, 15) is 0 Å². The maximum absolute atomic E-state index is 5.40. The fourth-order valence-corrected chi connectivity index (χ4v) is 1.15. The Bertz CT molecular complexity index is 260. The summed E-state index contributed by atoms with van der Waals surface area (Å²) in [5.41, 5.74) is 0. The van der Waals surface area contributed by atoms with E-state index in [1.165, 1.54) is 0 Å². The van der Waals surface area contributed by atoms with E-state index in [4.69, 9.17) is 14.2 Å². The Morgan fingerprint density at radius 2 is 2.08 bits per heavy atom. The average Bonchev–Trinajstić information content (AvgIpc) is 2.53. The molecule has 1 heterocycles. The molecular weight excluding hydrogens is 168 g/mol. The monoisotopic (exact) mass is 180 g/mol. The van der Waals surface area contributed by atoms with Crippen molar-refractivity contribution in [3.8, 4) is 5.75 Å². The lowest BCUT2D eigenvalue weighted by Gasteiger charge is -2.11. The molecule has 13 heavy (non-hydrogen) atoms. The summed E-state index contributed by atoms with van der Waals surface area (Å²) in [6.45, 7) is 2.00. The van der Waals surface area contributed by atoms with E-state index in [0.717, 1.165) is 5.75 Å². The third-order valence-corrected chi connectivity index (χ3v) is 1.79. The largest absolute Gasteiger partial charge is 0.441 e. The molecule has 0 aliphatic carbocycles. The molecule has 2 rings (SSSR count). The molecule has 0 saturated carbocycles. The molecule has 1 aromatic carbocycles. The first-order valence-electron chi connectivity index (χ1n) is 4.33. The predicted molar refractivity (Wildman–Crippen MR) is 47.4 cm³/mol. The van der Waals surface area contributed by atoms with Gasteiger partial charge < -0.3 is 14.2 Å². The summed E-state index contributed by atoms with van der Waals surface area (Å²) in [7, 11) is 0. The van der Waals surface area contributed by atoms with Crippen molar-refractivity contribution in [2.45, 2.75) is 19.5 Å². The van der Waals surface area contributed by atoms with Gasteiger partial charge in [0, 0.05) is 0 Å². The normalized spacial score (nSPS) is 27.5. The van der Waals surface area contributed by atoms with Gasteiger partial charge >= 0.3 is 6.48 Å². The smallest absolute Gasteiger partial charge is 0.316 e. The Morgan fingerprint density at radius 1 is 1.31 bits per heavy atom. The van der Waals surface area contributed by atoms with E-state index in [-0.39, 0.29) is 6.10 Å². The molecule has 0 bridgehead atoms. The first kappa shape index (κ1) is 8.53. The Labute approximate surface area is 77.2 Å². The zero-order valence-corrected chi connectivity index (χ0v) is 7.47. The van der Waals surface area contributed by atoms with Crippen LogP contribution in [0.2, 0.25) is 0 Å². The summed E-state index contributed by atoms with van der Waals surface area (Å²) in [5, 5.41) is 0. The molecule has 1 aliphatic rings. The van der Waals surface area contributed by atoms with E-state index in [1.807, 2.05) is 37.3 Å². The predicted octanol–water partition coefficient (Wildman–Crippen LogP) is 1.78. The van der Waals surface area contributed by atoms with E-state index in [2.05, 4.69) is 0 Å². The standard InChI is InChI=1S/C10H12O3/c1-8-7-11-10(12-8)13-9-5-3-2-4-6-9/h2-6,8,10H,7H2,1H3/t8-,10?/m1/s1. The van der Waals surface area contributed by atoms with E-state index in [1.54, 1.807) is 0 Å². The van der Waals surface area contributed by atoms with Crippen molar-refractivity contribution < 1.29 is 14.2 Å². The van der Waals surface area contributed by atoms with Crippen molar-refractivity contribution >= 4 is 0 Å². The minimum Gasteiger partial charge on any atom is -0.441 e. The van der Waals surface area contributed by atoms with Gasteiger partial charge in [0.1, 0.15) is 5.75 Å². The van der Waals surface area contributed by atoms with Crippen LogP contribution in [0.15, 0.2) is 30.3 Å². The number of hydrogen-bond donors (Lipinski definition) is 0. The molecule has 0 spiro atoms. The molecule has 0 radical (unpaired) electrons. The summed E-state index contributed by atoms with van der Waals surface area (Å²) in [5.74, 6) is 0.765. The second-order valence-electron chi connectivity index (χ2n) is 3.00. The summed E-state index contributed by atoms with van der Waals surface area (Å²) in [6, 6.07) is 9.50. The minimum atomic E-state index is -0.544. The van der Waals surface area contributed by atoms with E-state index < -0.39 is 6.48 Å². The first-order chi connectivity index (χ1) is 6.34. The van der Waals surface area contributed by atoms with Crippen LogP contribution in [0, 0.1) is 0 Å². The Morgan fingerprint density at radius 3 is 2.69 bits per heavy atom. The SMILES string of the molecule is C[C@@H]1COC(Oc2ccccc2)O1. The maximum Gasteiger partial charge on any atom is 0.316 e. The molecule has 1 unspecified atom stereocenters. The highest BCUT2D eigenvalue weighted by atomic mass is 16.9. The molecule has 1 aliphatic heterocycles. The van der Waals surface area contributed by atoms with Crippen molar-refractivity contribution in [2.75, 3.05) is 6.61 Å². The Kier molecular flexibility index (Phi) is 2.47. The fourth-order valence-electron chi connectivity index (χ4n) is 1.15. The van der Waals surface area contributed by atoms with Crippen LogP contribution in [0.4, 0.5) is 0 Å². The van der Waals surface area contributed by atoms with Crippen LogP contribution in [0.5, 0.6) is 5.75 Å². The lowest BCUT2D eigenvalue weighted by atomic mass is 10.3. The first-order valence-corrected chi connectivity index (χ1v) is 4.33. The maximum atomic E-state index is 5.40. The van der Waals surface area contributed by atoms with Crippen LogP contribution in [-0.2, 0) is 9.47 Å². The topological polar surface area (TPSA) is 27.7 Å². The van der Waals surface area contributed by atoms with Crippen molar-refractivity contribution in [2.24, 2.45) is 0 Å². The van der Waals surface area contributed by atoms with Crippen molar-refractivity contribution in [3.63, 3.8) is 0 Å². The van der Waals surface area contributed by atoms with E-state index >= 15 is 0 Å². The molecular formula is C10H12O3. The van der Waals surface area contributed by atoms with Crippen LogP contribution in [0.1, 0.15) is 6.92 Å². The molecule has 0 amide bonds. The number of hydrogen-bond acceptors (Lipinski definition) is 3. The second kappa shape index (κ2) is 3.77. The number of para-hydroxylation sites is 1. The summed E-state index contributed by atoms with van der Waals surface area (Å²) < 4.78 is 15.9. The van der Waals surface area contributed by atoms with Gasteiger partial charge in [0.2, 0.25) is 0 Å². The molecule has 0 N–H and O–H groups in total. The zero-order chi connectivity index (χ0) is 9.10. The fraction of sp³-hybridized carbons (Fsp3) is 0.400. The van der Waals surface area contributed by atoms with Gasteiger partial charge in [-0.15, -0.1) is 0 Å². The van der Waals surface area contributed by atoms with Gasteiger partial charge in [-0.25, -0.2) is 0 Å². The lowest BCUT2D eigenvalue weighted by Crippen LogP contribution is -2.17. The highest BCUT2D eigenvalue weighted by Gasteiger charge is 2.23. The van der Waals surface area contributed by atoms with Gasteiger partial charge in [0.15, 0.2) is 0 Å². The highest BCUT2D eigenvalue weighted by Crippen LogP contribution is 2.17. The molecule has 3 heteroatoms. The number of rotatable bonds is 2. The molecule has 1 saturated heterocycles. The molecule has 0 aromatic heterocycles. The van der Waals surface area contributed by atoms with Gasteiger partial charge in [0.25, 0.3) is 0 Å². The number of benzene rings is 1. The molecule has 1 aromatic rings. The van der Waals surface area contributed by atoms with Crippen LogP contribution < -0.4 is 4.74 Å². The van der Waals surface area contributed by atoms with E-state index in [0.29, 0.717) is 6.61 Å². The third kappa shape index (κ3) is 2.20. The zero-order valence-electron chi connectivity index (χ0n) is 7.47. The molecule has 70 valence electrons. The number of ether oxygens (including phenoxy) is 3. The minimum absolute atomic E-state index is 0.119. The van der Waals surface area contributed by atoms with Gasteiger partial charge in [0.05, 0.1) is 12.7 Å². The quantitative estimate of drug-likeness (QED) is 0.694. The molecule has 3 nitrogen and oxygen atoms in total. The van der Waals surface area contributed by atoms with Gasteiger partial charge in [-0.1, -0.05) is 18.2 Å². The molecule has 1 fully saturated rings. The van der Waals surface area contributed by atoms with Crippen LogP contribution in [0.3, 0.4) is 0 Å². The van der Waals surface area contributed by atoms with Crippen molar-refractivity contribution in [3.05, 3.63) is 30.3 Å². The van der Waals surface area contributed by atoms with Gasteiger partial charge in [-0.05, 0) is 19.1 Å². The summed E-state index contributed by atoms with van der Waals surface area (Å²) >= 11 is 0. The van der Waals surface area contributed by atoms with Crippen LogP contribution in [0.25, 0.3) is 0 Å². The molecule has 2 atom stereocenters. The Balaban J connectivity index is 1.92. The second-order valence-corrected chi connectivity index (χ2v) is 3.00. The third-order valence-electron chi connectivity index (χ3n) is 1.79. The van der Waals surface area contributed by atoms with Crippen LogP contribution in [-0.4, -0.2) is 19.2 Å². The van der Waals surface area contributed by atoms with Gasteiger partial charge in [-0.2, -0.15) is 0 Å². The summed E-state index contributed by atoms with van der Waals surface area (Å²) in [6.07, 6.45) is 0.119. The van der Waals surface area contributed by atoms with Crippen molar-refractivity contribution in [1.29, 1.82) is 0 Å². The van der Waals surface area contributed by atoms with Crippen molar-refractivity contribution in [1.82, 2.24) is 0 Å². The Hall–Kier alpha value is -1.06. The van der Waals surface area contributed by atoms with Crippen LogP contribution >= 0.6 is 0 Å². The summed E-state index contributed by atoms with van der Waals surface area (Å²) in [4.78, 5) is 0. The lowest BCUT2D eigenvalue weighted by molar-refractivity contribution is -0.184. The average molecular weight is 180 g/mol.